The van der Waals surface area contributed by atoms with Crippen LogP contribution in [0.15, 0.2) is 12.2 Å². The maximum atomic E-state index is 10.0. The van der Waals surface area contributed by atoms with Crippen LogP contribution < -0.4 is 0 Å². The Morgan fingerprint density at radius 2 is 1.56 bits per heavy atom. The molecule has 1 aliphatic rings. The van der Waals surface area contributed by atoms with Gasteiger partial charge in [-0.05, 0) is 32.1 Å². The van der Waals surface area contributed by atoms with Gasteiger partial charge in [-0.25, -0.2) is 0 Å². The number of rotatable bonds is 17. The van der Waals surface area contributed by atoms with E-state index in [1.807, 2.05) is 0 Å². The molecule has 27 heavy (non-hydrogen) atoms. The molecular formula is C22H42O5. The van der Waals surface area contributed by atoms with Gasteiger partial charge in [0, 0.05) is 6.61 Å². The zero-order valence-corrected chi connectivity index (χ0v) is 17.2. The number of ether oxygens (including phenoxy) is 2. The molecule has 0 saturated carbocycles. The van der Waals surface area contributed by atoms with Crippen LogP contribution in [0.4, 0.5) is 0 Å². The van der Waals surface area contributed by atoms with E-state index in [0.29, 0.717) is 6.61 Å². The minimum Gasteiger partial charge on any atom is -0.394 e. The van der Waals surface area contributed by atoms with Crippen molar-refractivity contribution in [1.82, 2.24) is 0 Å². The highest BCUT2D eigenvalue weighted by Gasteiger charge is 2.40. The number of hydrogen-bond acceptors (Lipinski definition) is 5. The third kappa shape index (κ3) is 11.2. The molecule has 0 aromatic carbocycles. The van der Waals surface area contributed by atoms with Gasteiger partial charge in [0.05, 0.1) is 13.2 Å². The van der Waals surface area contributed by atoms with E-state index in [1.165, 1.54) is 64.2 Å². The van der Waals surface area contributed by atoms with Crippen molar-refractivity contribution in [2.45, 2.75) is 108 Å². The molecule has 1 fully saturated rings. The summed E-state index contributed by atoms with van der Waals surface area (Å²) in [6.07, 6.45) is 16.6. The highest BCUT2D eigenvalue weighted by molar-refractivity contribution is 4.88. The number of aliphatic hydroxyl groups is 3. The van der Waals surface area contributed by atoms with Crippen molar-refractivity contribution in [1.29, 1.82) is 0 Å². The summed E-state index contributed by atoms with van der Waals surface area (Å²) in [7, 11) is 0. The van der Waals surface area contributed by atoms with E-state index in [4.69, 9.17) is 14.6 Å². The zero-order valence-electron chi connectivity index (χ0n) is 17.2. The molecule has 1 rings (SSSR count). The molecule has 5 heteroatoms. The lowest BCUT2D eigenvalue weighted by molar-refractivity contribution is -0.0730. The molecule has 0 spiro atoms. The Labute approximate surface area is 165 Å². The molecule has 1 saturated heterocycles. The third-order valence-corrected chi connectivity index (χ3v) is 5.22. The Balaban J connectivity index is 1.86. The van der Waals surface area contributed by atoms with Gasteiger partial charge in [0.25, 0.3) is 0 Å². The fourth-order valence-corrected chi connectivity index (χ4v) is 3.43. The van der Waals surface area contributed by atoms with Crippen LogP contribution in [-0.4, -0.2) is 59.6 Å². The van der Waals surface area contributed by atoms with Gasteiger partial charge in [0.1, 0.15) is 24.4 Å². The first-order valence-electron chi connectivity index (χ1n) is 11.1. The van der Waals surface area contributed by atoms with Crippen LogP contribution in [0.5, 0.6) is 0 Å². The standard InChI is InChI=1S/C22H42O5/c1-2-3-4-5-6-7-8-9-10-11-12-13-14-15-16-26-20-18-27-22(21(20)25)19(24)17-23/h7-8,19-25H,2-6,9-18H2,1H3/b8-7+/t19-,20+,21+,22+/m0/s1. The lowest BCUT2D eigenvalue weighted by Gasteiger charge is -2.20. The topological polar surface area (TPSA) is 79.2 Å². The van der Waals surface area contributed by atoms with E-state index in [1.54, 1.807) is 0 Å². The summed E-state index contributed by atoms with van der Waals surface area (Å²) in [6, 6.07) is 0. The van der Waals surface area contributed by atoms with Crippen LogP contribution >= 0.6 is 0 Å². The summed E-state index contributed by atoms with van der Waals surface area (Å²) in [5, 5.41) is 28.5. The molecular weight excluding hydrogens is 344 g/mol. The van der Waals surface area contributed by atoms with Gasteiger partial charge in [0.15, 0.2) is 0 Å². The molecule has 4 atom stereocenters. The third-order valence-electron chi connectivity index (χ3n) is 5.22. The first-order valence-corrected chi connectivity index (χ1v) is 11.1. The second-order valence-electron chi connectivity index (χ2n) is 7.68. The first kappa shape index (κ1) is 24.6. The molecule has 0 aromatic heterocycles. The molecule has 0 aromatic rings. The molecule has 3 N–H and O–H groups in total. The van der Waals surface area contributed by atoms with Crippen molar-refractivity contribution in [2.24, 2.45) is 0 Å². The summed E-state index contributed by atoms with van der Waals surface area (Å²) in [5.41, 5.74) is 0. The van der Waals surface area contributed by atoms with Crippen LogP contribution in [0.2, 0.25) is 0 Å². The average molecular weight is 387 g/mol. The maximum absolute atomic E-state index is 10.0. The molecule has 1 heterocycles. The van der Waals surface area contributed by atoms with E-state index in [2.05, 4.69) is 19.1 Å². The summed E-state index contributed by atoms with van der Waals surface area (Å²) >= 11 is 0. The normalized spacial score (nSPS) is 24.1. The monoisotopic (exact) mass is 386 g/mol. The van der Waals surface area contributed by atoms with E-state index < -0.39 is 31.0 Å². The first-order chi connectivity index (χ1) is 13.2. The van der Waals surface area contributed by atoms with Crippen molar-refractivity contribution in [3.63, 3.8) is 0 Å². The molecule has 1 aliphatic heterocycles. The predicted octanol–water partition coefficient (Wildman–Crippen LogP) is 3.74. The Morgan fingerprint density at radius 1 is 0.963 bits per heavy atom. The van der Waals surface area contributed by atoms with Crippen molar-refractivity contribution in [3.05, 3.63) is 12.2 Å². The molecule has 5 nitrogen and oxygen atoms in total. The van der Waals surface area contributed by atoms with E-state index in [0.717, 1.165) is 12.8 Å². The fraction of sp³-hybridized carbons (Fsp3) is 0.909. The van der Waals surface area contributed by atoms with Crippen molar-refractivity contribution >= 4 is 0 Å². The van der Waals surface area contributed by atoms with Crippen LogP contribution in [0.25, 0.3) is 0 Å². The summed E-state index contributed by atoms with van der Waals surface area (Å²) in [6.45, 7) is 2.71. The van der Waals surface area contributed by atoms with E-state index >= 15 is 0 Å². The van der Waals surface area contributed by atoms with E-state index in [-0.39, 0.29) is 6.61 Å². The van der Waals surface area contributed by atoms with Gasteiger partial charge in [-0.1, -0.05) is 64.0 Å². The van der Waals surface area contributed by atoms with Gasteiger partial charge >= 0.3 is 0 Å². The molecule has 0 radical (unpaired) electrons. The largest absolute Gasteiger partial charge is 0.394 e. The second-order valence-corrected chi connectivity index (χ2v) is 7.68. The molecule has 0 amide bonds. The minimum absolute atomic E-state index is 0.273. The predicted molar refractivity (Wildman–Crippen MR) is 109 cm³/mol. The van der Waals surface area contributed by atoms with E-state index in [9.17, 15) is 10.2 Å². The summed E-state index contributed by atoms with van der Waals surface area (Å²) in [4.78, 5) is 0. The number of allylic oxidation sites excluding steroid dienone is 2. The highest BCUT2D eigenvalue weighted by Crippen LogP contribution is 2.20. The minimum atomic E-state index is -1.05. The molecule has 0 unspecified atom stereocenters. The van der Waals surface area contributed by atoms with Gasteiger partial charge in [0.2, 0.25) is 0 Å². The van der Waals surface area contributed by atoms with Gasteiger partial charge in [-0.15, -0.1) is 0 Å². The van der Waals surface area contributed by atoms with Crippen molar-refractivity contribution < 1.29 is 24.8 Å². The SMILES string of the molecule is CCCCCC/C=C/CCCCCCCCO[C@@H]1CO[C@H]([C@@H](O)CO)[C@@H]1O. The Bertz CT molecular complexity index is 361. The molecule has 0 aliphatic carbocycles. The second kappa shape index (κ2) is 16.5. The Kier molecular flexibility index (Phi) is 15.0. The van der Waals surface area contributed by atoms with Crippen LogP contribution in [0.1, 0.15) is 84.0 Å². The van der Waals surface area contributed by atoms with Gasteiger partial charge in [-0.3, -0.25) is 0 Å². The number of hydrogen-bond donors (Lipinski definition) is 3. The lowest BCUT2D eigenvalue weighted by atomic mass is 10.1. The van der Waals surface area contributed by atoms with Crippen molar-refractivity contribution in [2.75, 3.05) is 19.8 Å². The van der Waals surface area contributed by atoms with Crippen molar-refractivity contribution in [3.8, 4) is 0 Å². The van der Waals surface area contributed by atoms with Crippen LogP contribution in [-0.2, 0) is 9.47 Å². The van der Waals surface area contributed by atoms with Gasteiger partial charge in [-0.2, -0.15) is 0 Å². The Morgan fingerprint density at radius 3 is 2.19 bits per heavy atom. The lowest BCUT2D eigenvalue weighted by Crippen LogP contribution is -2.41. The summed E-state index contributed by atoms with van der Waals surface area (Å²) < 4.78 is 11.0. The molecule has 0 bridgehead atoms. The number of aliphatic hydroxyl groups excluding tert-OH is 3. The number of unbranched alkanes of at least 4 members (excludes halogenated alkanes) is 10. The molecule has 160 valence electrons. The maximum Gasteiger partial charge on any atom is 0.114 e. The van der Waals surface area contributed by atoms with Crippen LogP contribution in [0.3, 0.4) is 0 Å². The Hall–Kier alpha value is -0.460. The summed E-state index contributed by atoms with van der Waals surface area (Å²) in [5.74, 6) is 0. The highest BCUT2D eigenvalue weighted by atomic mass is 16.6. The zero-order chi connectivity index (χ0) is 19.7. The van der Waals surface area contributed by atoms with Crippen LogP contribution in [0, 0.1) is 0 Å². The fourth-order valence-electron chi connectivity index (χ4n) is 3.43. The van der Waals surface area contributed by atoms with Gasteiger partial charge < -0.3 is 24.8 Å². The smallest absolute Gasteiger partial charge is 0.114 e. The quantitative estimate of drug-likeness (QED) is 0.262. The average Bonchev–Trinajstić information content (AvgIpc) is 3.04.